The normalized spacial score (nSPS) is 14.2. The van der Waals surface area contributed by atoms with E-state index >= 15 is 0 Å². The lowest BCUT2D eigenvalue weighted by Crippen LogP contribution is -2.33. The summed E-state index contributed by atoms with van der Waals surface area (Å²) in [5.74, 6) is -0.0616. The van der Waals surface area contributed by atoms with Crippen LogP contribution in [0.25, 0.3) is 0 Å². The van der Waals surface area contributed by atoms with Crippen LogP contribution in [0.15, 0.2) is 18.2 Å². The molecule has 1 atom stereocenters. The lowest BCUT2D eigenvalue weighted by molar-refractivity contribution is -0.115. The van der Waals surface area contributed by atoms with Crippen LogP contribution in [0.2, 0.25) is 0 Å². The van der Waals surface area contributed by atoms with Gasteiger partial charge in [-0.05, 0) is 32.0 Å². The largest absolute Gasteiger partial charge is 0.379 e. The minimum atomic E-state index is -0.117. The molecule has 28 heavy (non-hydrogen) atoms. The van der Waals surface area contributed by atoms with Crippen molar-refractivity contribution in [2.24, 2.45) is 0 Å². The van der Waals surface area contributed by atoms with E-state index in [1.54, 1.807) is 0 Å². The average molecular weight is 391 g/mol. The van der Waals surface area contributed by atoms with E-state index in [2.05, 4.69) is 36.7 Å². The van der Waals surface area contributed by atoms with Crippen LogP contribution in [0.1, 0.15) is 49.5 Å². The standard InChI is InChI=1S/C21H34N4O3/c1-4-7-16(3)25-15-18-17(21(25)27)8-6-9-19(18)24-20(26)14-23-11-13-28-12-10-22-5-2/h6,8-9,16,22-23H,4-5,7,10-15H2,1-3H3,(H,24,26). The third-order valence-corrected chi connectivity index (χ3v) is 4.89. The predicted molar refractivity (Wildman–Crippen MR) is 112 cm³/mol. The van der Waals surface area contributed by atoms with Gasteiger partial charge in [0.05, 0.1) is 19.8 Å². The molecule has 7 heteroatoms. The van der Waals surface area contributed by atoms with Crippen molar-refractivity contribution in [1.29, 1.82) is 0 Å². The van der Waals surface area contributed by atoms with Crippen molar-refractivity contribution in [3.05, 3.63) is 29.3 Å². The van der Waals surface area contributed by atoms with E-state index < -0.39 is 0 Å². The van der Waals surface area contributed by atoms with Crippen LogP contribution in [0.4, 0.5) is 5.69 Å². The van der Waals surface area contributed by atoms with Crippen LogP contribution in [-0.2, 0) is 16.1 Å². The van der Waals surface area contributed by atoms with E-state index in [1.165, 1.54) is 0 Å². The summed E-state index contributed by atoms with van der Waals surface area (Å²) in [6, 6.07) is 5.73. The quantitative estimate of drug-likeness (QED) is 0.449. The number of nitrogens with zero attached hydrogens (tertiary/aromatic N) is 1. The number of nitrogens with one attached hydrogen (secondary N) is 3. The van der Waals surface area contributed by atoms with Crippen LogP contribution in [0.3, 0.4) is 0 Å². The van der Waals surface area contributed by atoms with Gasteiger partial charge in [-0.1, -0.05) is 26.3 Å². The lowest BCUT2D eigenvalue weighted by atomic mass is 10.1. The first-order chi connectivity index (χ1) is 13.6. The Morgan fingerprint density at radius 1 is 1.21 bits per heavy atom. The summed E-state index contributed by atoms with van der Waals surface area (Å²) < 4.78 is 5.46. The van der Waals surface area contributed by atoms with E-state index in [1.807, 2.05) is 23.1 Å². The van der Waals surface area contributed by atoms with Crippen LogP contribution < -0.4 is 16.0 Å². The number of ether oxygens (including phenoxy) is 1. The molecule has 1 heterocycles. The average Bonchev–Trinajstić information content (AvgIpc) is 3.02. The van der Waals surface area contributed by atoms with E-state index in [-0.39, 0.29) is 24.4 Å². The monoisotopic (exact) mass is 390 g/mol. The summed E-state index contributed by atoms with van der Waals surface area (Å²) in [6.07, 6.45) is 2.01. The number of carbonyl (C=O) groups is 2. The summed E-state index contributed by atoms with van der Waals surface area (Å²) in [5.41, 5.74) is 2.34. The summed E-state index contributed by atoms with van der Waals surface area (Å²) in [7, 11) is 0. The zero-order chi connectivity index (χ0) is 20.4. The summed E-state index contributed by atoms with van der Waals surface area (Å²) in [5, 5.41) is 9.21. The predicted octanol–water partition coefficient (Wildman–Crippen LogP) is 1.99. The van der Waals surface area contributed by atoms with E-state index in [4.69, 9.17) is 4.74 Å². The molecule has 0 bridgehead atoms. The Balaban J connectivity index is 1.80. The highest BCUT2D eigenvalue weighted by atomic mass is 16.5. The van der Waals surface area contributed by atoms with Crippen molar-refractivity contribution in [3.8, 4) is 0 Å². The number of likely N-dealkylation sites (N-methyl/N-ethyl adjacent to an activating group) is 1. The summed E-state index contributed by atoms with van der Waals surface area (Å²) >= 11 is 0. The molecule has 0 spiro atoms. The molecule has 156 valence electrons. The zero-order valence-corrected chi connectivity index (χ0v) is 17.3. The lowest BCUT2D eigenvalue weighted by Gasteiger charge is -2.23. The fraction of sp³-hybridized carbons (Fsp3) is 0.619. The van der Waals surface area contributed by atoms with Gasteiger partial charge in [0.2, 0.25) is 5.91 Å². The molecular weight excluding hydrogens is 356 g/mol. The molecular formula is C21H34N4O3. The van der Waals surface area contributed by atoms with Crippen LogP contribution in [0.5, 0.6) is 0 Å². The number of carbonyl (C=O) groups excluding carboxylic acids is 2. The molecule has 1 unspecified atom stereocenters. The van der Waals surface area contributed by atoms with Gasteiger partial charge in [-0.25, -0.2) is 0 Å². The van der Waals surface area contributed by atoms with Gasteiger partial charge in [-0.2, -0.15) is 0 Å². The Morgan fingerprint density at radius 3 is 2.68 bits per heavy atom. The minimum Gasteiger partial charge on any atom is -0.379 e. The number of hydrogen-bond acceptors (Lipinski definition) is 5. The van der Waals surface area contributed by atoms with Gasteiger partial charge in [0.15, 0.2) is 0 Å². The van der Waals surface area contributed by atoms with Gasteiger partial charge in [-0.15, -0.1) is 0 Å². The molecule has 1 aliphatic heterocycles. The van der Waals surface area contributed by atoms with Crippen LogP contribution in [0, 0.1) is 0 Å². The molecule has 3 N–H and O–H groups in total. The Kier molecular flexibility index (Phi) is 9.40. The molecule has 0 saturated carbocycles. The molecule has 2 rings (SSSR count). The summed E-state index contributed by atoms with van der Waals surface area (Å²) in [4.78, 5) is 26.8. The molecule has 0 aliphatic carbocycles. The van der Waals surface area contributed by atoms with Gasteiger partial charge in [-0.3, -0.25) is 9.59 Å². The summed E-state index contributed by atoms with van der Waals surface area (Å²) in [6.45, 7) is 10.6. The van der Waals surface area contributed by atoms with Crippen molar-refractivity contribution in [3.63, 3.8) is 0 Å². The SMILES string of the molecule is CCCC(C)N1Cc2c(NC(=O)CNCCOCCNCC)cccc2C1=O. The van der Waals surface area contributed by atoms with Crippen molar-refractivity contribution in [1.82, 2.24) is 15.5 Å². The number of rotatable bonds is 13. The highest BCUT2D eigenvalue weighted by Gasteiger charge is 2.32. The third-order valence-electron chi connectivity index (χ3n) is 4.89. The topological polar surface area (TPSA) is 82.7 Å². The van der Waals surface area contributed by atoms with E-state index in [0.717, 1.165) is 37.2 Å². The highest BCUT2D eigenvalue weighted by molar-refractivity contribution is 6.02. The van der Waals surface area contributed by atoms with Crippen molar-refractivity contribution >= 4 is 17.5 Å². The molecule has 1 aromatic carbocycles. The smallest absolute Gasteiger partial charge is 0.254 e. The van der Waals surface area contributed by atoms with Gasteiger partial charge in [0.25, 0.3) is 5.91 Å². The van der Waals surface area contributed by atoms with Gasteiger partial charge in [0, 0.05) is 42.5 Å². The first-order valence-corrected chi connectivity index (χ1v) is 10.3. The Bertz CT molecular complexity index is 651. The zero-order valence-electron chi connectivity index (χ0n) is 17.3. The highest BCUT2D eigenvalue weighted by Crippen LogP contribution is 2.31. The second-order valence-corrected chi connectivity index (χ2v) is 7.09. The first-order valence-electron chi connectivity index (χ1n) is 10.3. The van der Waals surface area contributed by atoms with Crippen molar-refractivity contribution < 1.29 is 14.3 Å². The van der Waals surface area contributed by atoms with Crippen molar-refractivity contribution in [2.75, 3.05) is 44.7 Å². The minimum absolute atomic E-state index is 0.0554. The second kappa shape index (κ2) is 11.8. The molecule has 0 radical (unpaired) electrons. The number of hydrogen-bond donors (Lipinski definition) is 3. The van der Waals surface area contributed by atoms with Gasteiger partial charge < -0.3 is 25.6 Å². The van der Waals surface area contributed by atoms with E-state index in [0.29, 0.717) is 31.9 Å². The van der Waals surface area contributed by atoms with Crippen LogP contribution >= 0.6 is 0 Å². The maximum absolute atomic E-state index is 12.7. The first kappa shape index (κ1) is 22.3. The maximum atomic E-state index is 12.7. The number of anilines is 1. The molecule has 0 aromatic heterocycles. The Labute approximate surface area is 168 Å². The molecule has 0 fully saturated rings. The number of benzene rings is 1. The number of fused-ring (bicyclic) bond motifs is 1. The second-order valence-electron chi connectivity index (χ2n) is 7.09. The van der Waals surface area contributed by atoms with E-state index in [9.17, 15) is 9.59 Å². The van der Waals surface area contributed by atoms with Gasteiger partial charge in [0.1, 0.15) is 0 Å². The molecule has 7 nitrogen and oxygen atoms in total. The van der Waals surface area contributed by atoms with Crippen molar-refractivity contribution in [2.45, 2.75) is 46.2 Å². The fourth-order valence-corrected chi connectivity index (χ4v) is 3.36. The fourth-order valence-electron chi connectivity index (χ4n) is 3.36. The molecule has 1 aromatic rings. The third kappa shape index (κ3) is 6.29. The molecule has 0 saturated heterocycles. The van der Waals surface area contributed by atoms with Crippen LogP contribution in [-0.4, -0.2) is 62.1 Å². The Morgan fingerprint density at radius 2 is 1.96 bits per heavy atom. The Hall–Kier alpha value is -1.96. The molecule has 2 amide bonds. The van der Waals surface area contributed by atoms with Gasteiger partial charge >= 0.3 is 0 Å². The molecule has 1 aliphatic rings. The maximum Gasteiger partial charge on any atom is 0.254 e. The number of amides is 2.